The molecule has 0 amide bonds. The van der Waals surface area contributed by atoms with Crippen LogP contribution in [0.2, 0.25) is 0 Å². The highest BCUT2D eigenvalue weighted by Gasteiger charge is 2.10. The van der Waals surface area contributed by atoms with Gasteiger partial charge in [-0.3, -0.25) is 0 Å². The van der Waals surface area contributed by atoms with Crippen molar-refractivity contribution in [1.29, 1.82) is 0 Å². The van der Waals surface area contributed by atoms with E-state index >= 15 is 0 Å². The summed E-state index contributed by atoms with van der Waals surface area (Å²) in [6.07, 6.45) is 0. The van der Waals surface area contributed by atoms with Gasteiger partial charge in [0.15, 0.2) is 0 Å². The first-order valence-electron chi connectivity index (χ1n) is 5.80. The van der Waals surface area contributed by atoms with E-state index in [-0.39, 0.29) is 0 Å². The molecule has 1 aromatic heterocycles. The number of aromatic nitrogens is 1. The number of rotatable bonds is 3. The number of aryl methyl sites for hydroxylation is 3. The Labute approximate surface area is 107 Å². The van der Waals surface area contributed by atoms with Gasteiger partial charge in [-0.2, -0.15) is 0 Å². The summed E-state index contributed by atoms with van der Waals surface area (Å²) >= 11 is 1.78. The van der Waals surface area contributed by atoms with E-state index in [0.29, 0.717) is 0 Å². The van der Waals surface area contributed by atoms with Crippen molar-refractivity contribution in [2.24, 2.45) is 0 Å². The van der Waals surface area contributed by atoms with Crippen molar-refractivity contribution < 1.29 is 0 Å². The molecule has 0 bridgehead atoms. The molecule has 90 valence electrons. The molecule has 2 aromatic rings. The minimum Gasteiger partial charge on any atom is -0.315 e. The largest absolute Gasteiger partial charge is 0.315 e. The molecule has 2 nitrogen and oxygen atoms in total. The SMILES string of the molecule is CNCc1sc(-c2ccc(C)cc2C)nc1C. The molecule has 0 atom stereocenters. The second-order valence-electron chi connectivity index (χ2n) is 4.38. The molecule has 0 saturated heterocycles. The van der Waals surface area contributed by atoms with Crippen molar-refractivity contribution in [3.8, 4) is 10.6 Å². The average Bonchev–Trinajstić information content (AvgIpc) is 2.60. The summed E-state index contributed by atoms with van der Waals surface area (Å²) < 4.78 is 0. The van der Waals surface area contributed by atoms with Crippen LogP contribution in [0.15, 0.2) is 18.2 Å². The normalized spacial score (nSPS) is 10.8. The van der Waals surface area contributed by atoms with E-state index in [0.717, 1.165) is 17.2 Å². The van der Waals surface area contributed by atoms with Gasteiger partial charge in [-0.25, -0.2) is 4.98 Å². The predicted octanol–water partition coefficient (Wildman–Crippen LogP) is 3.45. The lowest BCUT2D eigenvalue weighted by Gasteiger charge is -2.02. The molecule has 0 aliphatic heterocycles. The molecule has 0 aliphatic carbocycles. The molecule has 1 heterocycles. The minimum atomic E-state index is 0.897. The lowest BCUT2D eigenvalue weighted by molar-refractivity contribution is 0.823. The van der Waals surface area contributed by atoms with Crippen LogP contribution < -0.4 is 5.32 Å². The standard InChI is InChI=1S/C14H18N2S/c1-9-5-6-12(10(2)7-9)14-16-11(3)13(17-14)8-15-4/h5-7,15H,8H2,1-4H3. The van der Waals surface area contributed by atoms with Crippen LogP contribution in [0.1, 0.15) is 21.7 Å². The van der Waals surface area contributed by atoms with Crippen molar-refractivity contribution in [3.05, 3.63) is 39.9 Å². The zero-order chi connectivity index (χ0) is 12.4. The summed E-state index contributed by atoms with van der Waals surface area (Å²) in [5, 5.41) is 4.31. The summed E-state index contributed by atoms with van der Waals surface area (Å²) in [7, 11) is 1.97. The molecule has 0 saturated carbocycles. The molecule has 0 aliphatic rings. The molecule has 3 heteroatoms. The van der Waals surface area contributed by atoms with Crippen molar-refractivity contribution in [2.45, 2.75) is 27.3 Å². The Morgan fingerprint density at radius 1 is 1.24 bits per heavy atom. The van der Waals surface area contributed by atoms with E-state index < -0.39 is 0 Å². The van der Waals surface area contributed by atoms with Crippen LogP contribution in [-0.2, 0) is 6.54 Å². The number of nitrogens with one attached hydrogen (secondary N) is 1. The molecule has 0 radical (unpaired) electrons. The van der Waals surface area contributed by atoms with E-state index in [4.69, 9.17) is 0 Å². The smallest absolute Gasteiger partial charge is 0.124 e. The average molecular weight is 246 g/mol. The molecule has 17 heavy (non-hydrogen) atoms. The molecule has 0 spiro atoms. The quantitative estimate of drug-likeness (QED) is 0.897. The number of hydrogen-bond acceptors (Lipinski definition) is 3. The van der Waals surface area contributed by atoms with E-state index in [2.05, 4.69) is 49.3 Å². The maximum Gasteiger partial charge on any atom is 0.124 e. The molecule has 0 fully saturated rings. The molecular formula is C14H18N2S. The first-order chi connectivity index (χ1) is 8.11. The van der Waals surface area contributed by atoms with Gasteiger partial charge in [0.05, 0.1) is 5.69 Å². The third kappa shape index (κ3) is 2.56. The Morgan fingerprint density at radius 2 is 2.00 bits per heavy atom. The number of hydrogen-bond donors (Lipinski definition) is 1. The summed E-state index contributed by atoms with van der Waals surface area (Å²) in [5.41, 5.74) is 5.00. The Hall–Kier alpha value is -1.19. The van der Waals surface area contributed by atoms with Crippen LogP contribution in [0.25, 0.3) is 10.6 Å². The number of thiazole rings is 1. The van der Waals surface area contributed by atoms with Crippen molar-refractivity contribution in [2.75, 3.05) is 7.05 Å². The fourth-order valence-electron chi connectivity index (χ4n) is 1.92. The van der Waals surface area contributed by atoms with Gasteiger partial charge in [0.25, 0.3) is 0 Å². The van der Waals surface area contributed by atoms with Gasteiger partial charge in [-0.05, 0) is 33.4 Å². The van der Waals surface area contributed by atoms with Gasteiger partial charge in [-0.15, -0.1) is 11.3 Å². The second kappa shape index (κ2) is 4.98. The van der Waals surface area contributed by atoms with Crippen LogP contribution >= 0.6 is 11.3 Å². The summed E-state index contributed by atoms with van der Waals surface area (Å²) in [6.45, 7) is 7.25. The minimum absolute atomic E-state index is 0.897. The maximum atomic E-state index is 4.67. The molecule has 0 unspecified atom stereocenters. The van der Waals surface area contributed by atoms with Gasteiger partial charge in [0, 0.05) is 17.0 Å². The van der Waals surface area contributed by atoms with Gasteiger partial charge in [-0.1, -0.05) is 23.8 Å². The van der Waals surface area contributed by atoms with Gasteiger partial charge in [0.2, 0.25) is 0 Å². The first-order valence-corrected chi connectivity index (χ1v) is 6.62. The van der Waals surface area contributed by atoms with Gasteiger partial charge in [0.1, 0.15) is 5.01 Å². The van der Waals surface area contributed by atoms with Crippen LogP contribution in [0, 0.1) is 20.8 Å². The summed E-state index contributed by atoms with van der Waals surface area (Å²) in [4.78, 5) is 5.99. The van der Waals surface area contributed by atoms with E-state index in [1.54, 1.807) is 11.3 Å². The van der Waals surface area contributed by atoms with Gasteiger partial charge >= 0.3 is 0 Å². The molecule has 2 rings (SSSR count). The van der Waals surface area contributed by atoms with Crippen LogP contribution in [-0.4, -0.2) is 12.0 Å². The Morgan fingerprint density at radius 3 is 2.65 bits per heavy atom. The van der Waals surface area contributed by atoms with Crippen LogP contribution in [0.3, 0.4) is 0 Å². The molecular weight excluding hydrogens is 228 g/mol. The lowest BCUT2D eigenvalue weighted by atomic mass is 10.1. The van der Waals surface area contributed by atoms with Crippen molar-refractivity contribution >= 4 is 11.3 Å². The van der Waals surface area contributed by atoms with E-state index in [1.165, 1.54) is 21.6 Å². The van der Waals surface area contributed by atoms with Crippen LogP contribution in [0.4, 0.5) is 0 Å². The third-order valence-corrected chi connectivity index (χ3v) is 4.03. The highest BCUT2D eigenvalue weighted by molar-refractivity contribution is 7.15. The fourth-order valence-corrected chi connectivity index (χ4v) is 3.09. The monoisotopic (exact) mass is 246 g/mol. The summed E-state index contributed by atoms with van der Waals surface area (Å²) in [6, 6.07) is 6.53. The van der Waals surface area contributed by atoms with Crippen LogP contribution in [0.5, 0.6) is 0 Å². The first kappa shape index (κ1) is 12.3. The zero-order valence-corrected chi connectivity index (χ0v) is 11.6. The van der Waals surface area contributed by atoms with E-state index in [1.807, 2.05) is 7.05 Å². The Kier molecular flexibility index (Phi) is 3.60. The Bertz CT molecular complexity index is 529. The predicted molar refractivity (Wildman–Crippen MR) is 74.5 cm³/mol. The highest BCUT2D eigenvalue weighted by Crippen LogP contribution is 2.30. The lowest BCUT2D eigenvalue weighted by Crippen LogP contribution is -2.04. The molecule has 1 N–H and O–H groups in total. The topological polar surface area (TPSA) is 24.9 Å². The molecule has 1 aromatic carbocycles. The van der Waals surface area contributed by atoms with Crippen molar-refractivity contribution in [1.82, 2.24) is 10.3 Å². The van der Waals surface area contributed by atoms with E-state index in [9.17, 15) is 0 Å². The highest BCUT2D eigenvalue weighted by atomic mass is 32.1. The van der Waals surface area contributed by atoms with Crippen molar-refractivity contribution in [3.63, 3.8) is 0 Å². The fraction of sp³-hybridized carbons (Fsp3) is 0.357. The maximum absolute atomic E-state index is 4.67. The Balaban J connectivity index is 2.42. The summed E-state index contributed by atoms with van der Waals surface area (Å²) in [5.74, 6) is 0. The second-order valence-corrected chi connectivity index (χ2v) is 5.46. The third-order valence-electron chi connectivity index (χ3n) is 2.84. The zero-order valence-electron chi connectivity index (χ0n) is 10.8. The number of benzene rings is 1. The van der Waals surface area contributed by atoms with Gasteiger partial charge < -0.3 is 5.32 Å². The number of nitrogens with zero attached hydrogens (tertiary/aromatic N) is 1.